The molecule has 0 aromatic heterocycles. The van der Waals surface area contributed by atoms with Crippen LogP contribution in [0.4, 0.5) is 5.69 Å². The molecule has 1 fully saturated rings. The number of aryl methyl sites for hydroxylation is 1. The molecule has 1 aliphatic heterocycles. The lowest BCUT2D eigenvalue weighted by Gasteiger charge is -2.21. The van der Waals surface area contributed by atoms with Gasteiger partial charge in [0.1, 0.15) is 0 Å². The third kappa shape index (κ3) is 5.60. The Morgan fingerprint density at radius 2 is 1.62 bits per heavy atom. The van der Waals surface area contributed by atoms with Gasteiger partial charge in [-0.05, 0) is 56.1 Å². The second-order valence-corrected chi connectivity index (χ2v) is 7.15. The normalized spacial score (nSPS) is 16.3. The van der Waals surface area contributed by atoms with Crippen LogP contribution in [0.5, 0.6) is 0 Å². The van der Waals surface area contributed by atoms with Crippen LogP contribution < -0.4 is 11.1 Å². The molecule has 0 radical (unpaired) electrons. The van der Waals surface area contributed by atoms with E-state index in [-0.39, 0.29) is 0 Å². The average Bonchev–Trinajstić information content (AvgIpc) is 2.92. The first-order valence-electron chi connectivity index (χ1n) is 9.63. The first kappa shape index (κ1) is 18.5. The molecule has 0 unspecified atom stereocenters. The van der Waals surface area contributed by atoms with Crippen molar-refractivity contribution >= 4 is 11.6 Å². The van der Waals surface area contributed by atoms with Crippen LogP contribution in [0.1, 0.15) is 42.4 Å². The van der Waals surface area contributed by atoms with E-state index < -0.39 is 0 Å². The molecule has 4 heteroatoms. The van der Waals surface area contributed by atoms with Crippen LogP contribution in [0.15, 0.2) is 53.5 Å². The van der Waals surface area contributed by atoms with Gasteiger partial charge in [0.05, 0.1) is 6.54 Å². The van der Waals surface area contributed by atoms with E-state index >= 15 is 0 Å². The zero-order valence-corrected chi connectivity index (χ0v) is 15.7. The van der Waals surface area contributed by atoms with E-state index in [4.69, 9.17) is 5.73 Å². The Kier molecular flexibility index (Phi) is 6.67. The molecule has 1 saturated heterocycles. The Bertz CT molecular complexity index is 713. The number of likely N-dealkylation sites (tertiary alicyclic amines) is 1. The highest BCUT2D eigenvalue weighted by atomic mass is 15.1. The SMILES string of the molecule is Cc1ccc(NC(N)=NCc2ccccc2CN2CCCCCC2)cc1. The first-order chi connectivity index (χ1) is 12.7. The number of benzene rings is 2. The lowest BCUT2D eigenvalue weighted by Crippen LogP contribution is -2.25. The van der Waals surface area contributed by atoms with Crippen LogP contribution in [0.2, 0.25) is 0 Å². The number of hydrogen-bond acceptors (Lipinski definition) is 2. The molecule has 1 heterocycles. The van der Waals surface area contributed by atoms with Crippen molar-refractivity contribution in [3.63, 3.8) is 0 Å². The van der Waals surface area contributed by atoms with Gasteiger partial charge >= 0.3 is 0 Å². The summed E-state index contributed by atoms with van der Waals surface area (Å²) in [4.78, 5) is 7.12. The summed E-state index contributed by atoms with van der Waals surface area (Å²) in [7, 11) is 0. The van der Waals surface area contributed by atoms with Gasteiger partial charge < -0.3 is 11.1 Å². The Hall–Kier alpha value is -2.33. The van der Waals surface area contributed by atoms with Crippen LogP contribution in [-0.4, -0.2) is 23.9 Å². The van der Waals surface area contributed by atoms with Crippen molar-refractivity contribution in [3.05, 3.63) is 65.2 Å². The number of rotatable bonds is 5. The quantitative estimate of drug-likeness (QED) is 0.624. The molecular weight excluding hydrogens is 320 g/mol. The second kappa shape index (κ2) is 9.39. The van der Waals surface area contributed by atoms with E-state index in [2.05, 4.69) is 58.5 Å². The fourth-order valence-corrected chi connectivity index (χ4v) is 3.40. The fraction of sp³-hybridized carbons (Fsp3) is 0.409. The maximum atomic E-state index is 6.08. The largest absolute Gasteiger partial charge is 0.370 e. The van der Waals surface area contributed by atoms with E-state index in [9.17, 15) is 0 Å². The molecule has 1 aliphatic rings. The van der Waals surface area contributed by atoms with Crippen molar-refractivity contribution in [2.75, 3.05) is 18.4 Å². The van der Waals surface area contributed by atoms with Gasteiger partial charge in [-0.15, -0.1) is 0 Å². The molecule has 0 atom stereocenters. The lowest BCUT2D eigenvalue weighted by atomic mass is 10.1. The van der Waals surface area contributed by atoms with Gasteiger partial charge in [-0.25, -0.2) is 4.99 Å². The number of anilines is 1. The molecular formula is C22H30N4. The van der Waals surface area contributed by atoms with Gasteiger partial charge in [-0.1, -0.05) is 54.8 Å². The molecule has 0 saturated carbocycles. The summed E-state index contributed by atoms with van der Waals surface area (Å²) >= 11 is 0. The maximum absolute atomic E-state index is 6.08. The van der Waals surface area contributed by atoms with Crippen LogP contribution in [0.25, 0.3) is 0 Å². The average molecular weight is 351 g/mol. The molecule has 0 spiro atoms. The number of nitrogens with one attached hydrogen (secondary N) is 1. The molecule has 0 amide bonds. The predicted octanol–water partition coefficient (Wildman–Crippen LogP) is 4.30. The summed E-state index contributed by atoms with van der Waals surface area (Å²) in [6.45, 7) is 6.09. The van der Waals surface area contributed by atoms with Crippen LogP contribution >= 0.6 is 0 Å². The number of hydrogen-bond donors (Lipinski definition) is 2. The number of aliphatic imine (C=N–C) groups is 1. The summed E-state index contributed by atoms with van der Waals surface area (Å²) in [5.74, 6) is 0.457. The van der Waals surface area contributed by atoms with Gasteiger partial charge in [0.2, 0.25) is 0 Å². The Morgan fingerprint density at radius 3 is 2.31 bits per heavy atom. The Morgan fingerprint density at radius 1 is 0.962 bits per heavy atom. The highest BCUT2D eigenvalue weighted by molar-refractivity contribution is 5.92. The molecule has 3 N–H and O–H groups in total. The van der Waals surface area contributed by atoms with Crippen molar-refractivity contribution in [2.45, 2.75) is 45.7 Å². The number of nitrogens with zero attached hydrogens (tertiary/aromatic N) is 2. The van der Waals surface area contributed by atoms with Gasteiger partial charge in [-0.2, -0.15) is 0 Å². The fourth-order valence-electron chi connectivity index (χ4n) is 3.40. The van der Waals surface area contributed by atoms with Gasteiger partial charge in [0.25, 0.3) is 0 Å². The lowest BCUT2D eigenvalue weighted by molar-refractivity contribution is 0.276. The topological polar surface area (TPSA) is 53.6 Å². The highest BCUT2D eigenvalue weighted by Crippen LogP contribution is 2.17. The molecule has 3 rings (SSSR count). The third-order valence-corrected chi connectivity index (χ3v) is 4.95. The zero-order valence-electron chi connectivity index (χ0n) is 15.7. The minimum Gasteiger partial charge on any atom is -0.370 e. The molecule has 2 aromatic rings. The van der Waals surface area contributed by atoms with Gasteiger partial charge in [-0.3, -0.25) is 4.90 Å². The smallest absolute Gasteiger partial charge is 0.193 e. The van der Waals surface area contributed by atoms with E-state index in [1.54, 1.807) is 0 Å². The summed E-state index contributed by atoms with van der Waals surface area (Å²) in [5.41, 5.74) is 10.9. The van der Waals surface area contributed by atoms with E-state index in [0.717, 1.165) is 12.2 Å². The molecule has 4 nitrogen and oxygen atoms in total. The van der Waals surface area contributed by atoms with E-state index in [1.807, 2.05) is 12.1 Å². The van der Waals surface area contributed by atoms with Crippen molar-refractivity contribution < 1.29 is 0 Å². The summed E-state index contributed by atoms with van der Waals surface area (Å²) < 4.78 is 0. The molecule has 0 bridgehead atoms. The monoisotopic (exact) mass is 350 g/mol. The summed E-state index contributed by atoms with van der Waals surface area (Å²) in [6.07, 6.45) is 5.36. The van der Waals surface area contributed by atoms with Crippen molar-refractivity contribution in [3.8, 4) is 0 Å². The van der Waals surface area contributed by atoms with Crippen molar-refractivity contribution in [1.82, 2.24) is 4.90 Å². The Labute approximate surface area is 157 Å². The molecule has 0 aliphatic carbocycles. The van der Waals surface area contributed by atoms with Crippen molar-refractivity contribution in [2.24, 2.45) is 10.7 Å². The van der Waals surface area contributed by atoms with Crippen LogP contribution in [0.3, 0.4) is 0 Å². The third-order valence-electron chi connectivity index (χ3n) is 4.95. The Balaban J connectivity index is 1.62. The molecule has 2 aromatic carbocycles. The minimum atomic E-state index is 0.457. The minimum absolute atomic E-state index is 0.457. The summed E-state index contributed by atoms with van der Waals surface area (Å²) in [5, 5.41) is 3.17. The zero-order chi connectivity index (χ0) is 18.2. The molecule has 26 heavy (non-hydrogen) atoms. The predicted molar refractivity (Wildman–Crippen MR) is 110 cm³/mol. The second-order valence-electron chi connectivity index (χ2n) is 7.15. The summed E-state index contributed by atoms with van der Waals surface area (Å²) in [6, 6.07) is 16.7. The van der Waals surface area contributed by atoms with E-state index in [0.29, 0.717) is 12.5 Å². The van der Waals surface area contributed by atoms with E-state index in [1.165, 1.54) is 55.5 Å². The number of guanidine groups is 1. The van der Waals surface area contributed by atoms with Gasteiger partial charge in [0, 0.05) is 12.2 Å². The maximum Gasteiger partial charge on any atom is 0.193 e. The molecule has 138 valence electrons. The van der Waals surface area contributed by atoms with Crippen LogP contribution in [0, 0.1) is 6.92 Å². The van der Waals surface area contributed by atoms with Crippen LogP contribution in [-0.2, 0) is 13.1 Å². The number of nitrogens with two attached hydrogens (primary N) is 1. The first-order valence-corrected chi connectivity index (χ1v) is 9.63. The standard InChI is InChI=1S/C22H30N4/c1-18-10-12-21(13-11-18)25-22(23)24-16-19-8-4-5-9-20(19)17-26-14-6-2-3-7-15-26/h4-5,8-13H,2-3,6-7,14-17H2,1H3,(H3,23,24,25). The highest BCUT2D eigenvalue weighted by Gasteiger charge is 2.11. The van der Waals surface area contributed by atoms with Crippen molar-refractivity contribution in [1.29, 1.82) is 0 Å². The van der Waals surface area contributed by atoms with Gasteiger partial charge in [0.15, 0.2) is 5.96 Å².